The Balaban J connectivity index is 1.90. The maximum Gasteiger partial charge on any atom is 0.261 e. The van der Waals surface area contributed by atoms with Crippen LogP contribution in [0.25, 0.3) is 0 Å². The number of likely N-dealkylation sites (N-methyl/N-ethyl adjacent to an activating group) is 1. The van der Waals surface area contributed by atoms with E-state index in [1.807, 2.05) is 31.2 Å². The molecular weight excluding hydrogens is 370 g/mol. The number of carbonyl (C=O) groups excluding carboxylic acids is 2. The maximum atomic E-state index is 13.4. The van der Waals surface area contributed by atoms with Crippen molar-refractivity contribution in [2.75, 3.05) is 14.2 Å². The molecule has 4 atom stereocenters. The van der Waals surface area contributed by atoms with E-state index in [0.717, 1.165) is 5.56 Å². The zero-order valence-electron chi connectivity index (χ0n) is 15.0. The second kappa shape index (κ2) is 5.33. The Hall–Kier alpha value is -1.85. The fourth-order valence-corrected chi connectivity index (χ4v) is 7.79. The van der Waals surface area contributed by atoms with Gasteiger partial charge in [-0.15, -0.1) is 0 Å². The van der Waals surface area contributed by atoms with Crippen molar-refractivity contribution in [1.29, 1.82) is 5.26 Å². The summed E-state index contributed by atoms with van der Waals surface area (Å²) < 4.78 is 5.22. The molecule has 4 saturated heterocycles. The van der Waals surface area contributed by atoms with E-state index >= 15 is 0 Å². The summed E-state index contributed by atoms with van der Waals surface area (Å²) in [4.78, 5) is 27.9. The number of methoxy groups -OCH3 is 1. The molecule has 8 heteroatoms. The van der Waals surface area contributed by atoms with E-state index in [1.165, 1.54) is 21.6 Å². The van der Waals surface area contributed by atoms with Crippen molar-refractivity contribution in [3.8, 4) is 11.8 Å². The molecule has 1 spiro atoms. The fraction of sp³-hybridized carbons (Fsp3) is 0.500. The maximum absolute atomic E-state index is 13.4. The van der Waals surface area contributed by atoms with Gasteiger partial charge in [0.2, 0.25) is 0 Å². The lowest BCUT2D eigenvalue weighted by atomic mass is 9.79. The van der Waals surface area contributed by atoms with Gasteiger partial charge in [-0.3, -0.25) is 9.59 Å². The topological polar surface area (TPSA) is 73.6 Å². The minimum atomic E-state index is -1.02. The second-order valence-corrected chi connectivity index (χ2v) is 10.2. The number of hydrogen-bond donors (Lipinski definition) is 0. The quantitative estimate of drug-likeness (QED) is 0.724. The average molecular weight is 390 g/mol. The van der Waals surface area contributed by atoms with Gasteiger partial charge in [0.15, 0.2) is 9.74 Å². The molecule has 1 unspecified atom stereocenters. The predicted molar refractivity (Wildman–Crippen MR) is 100 cm³/mol. The van der Waals surface area contributed by atoms with E-state index in [9.17, 15) is 14.9 Å². The van der Waals surface area contributed by atoms with E-state index in [-0.39, 0.29) is 11.8 Å². The Morgan fingerprint density at radius 3 is 2.42 bits per heavy atom. The Kier molecular flexibility index (Phi) is 3.60. The highest BCUT2D eigenvalue weighted by Gasteiger charge is 2.74. The highest BCUT2D eigenvalue weighted by molar-refractivity contribution is 8.78. The minimum absolute atomic E-state index is 0.0964. The summed E-state index contributed by atoms with van der Waals surface area (Å²) in [5, 5.41) is 9.98. The van der Waals surface area contributed by atoms with E-state index in [4.69, 9.17) is 4.74 Å². The van der Waals surface area contributed by atoms with E-state index in [1.54, 1.807) is 30.9 Å². The molecule has 26 heavy (non-hydrogen) atoms. The van der Waals surface area contributed by atoms with Crippen molar-refractivity contribution in [2.24, 2.45) is 5.41 Å². The molecule has 4 fully saturated rings. The minimum Gasteiger partial charge on any atom is -0.497 e. The number of hydrogen-bond acceptors (Lipinski definition) is 6. The lowest BCUT2D eigenvalue weighted by Crippen LogP contribution is -2.73. The Labute approximate surface area is 160 Å². The van der Waals surface area contributed by atoms with E-state index in [0.29, 0.717) is 12.2 Å². The summed E-state index contributed by atoms with van der Waals surface area (Å²) in [7, 11) is 6.11. The van der Waals surface area contributed by atoms with Gasteiger partial charge in [-0.25, -0.2) is 0 Å². The van der Waals surface area contributed by atoms with Crippen LogP contribution in [0, 0.1) is 16.7 Å². The summed E-state index contributed by atoms with van der Waals surface area (Å²) in [6.07, 6.45) is 0.315. The highest BCUT2D eigenvalue weighted by Crippen LogP contribution is 2.69. The van der Waals surface area contributed by atoms with Crippen LogP contribution in [0.15, 0.2) is 24.3 Å². The van der Waals surface area contributed by atoms with E-state index < -0.39 is 21.2 Å². The first-order valence-corrected chi connectivity index (χ1v) is 10.4. The summed E-state index contributed by atoms with van der Waals surface area (Å²) >= 11 is 0. The van der Waals surface area contributed by atoms with Gasteiger partial charge in [0.05, 0.1) is 24.6 Å². The first-order chi connectivity index (χ1) is 12.2. The number of fused-ring (bicyclic) bond motifs is 2. The fourth-order valence-electron chi connectivity index (χ4n) is 4.21. The second-order valence-electron chi connectivity index (χ2n) is 7.35. The molecule has 136 valence electrons. The molecule has 5 rings (SSSR count). The number of nitriles is 1. The molecular formula is C18H19N3O3S2. The monoisotopic (exact) mass is 389 g/mol. The zero-order valence-corrected chi connectivity index (χ0v) is 16.6. The van der Waals surface area contributed by atoms with Crippen LogP contribution in [-0.4, -0.2) is 45.5 Å². The van der Waals surface area contributed by atoms with Crippen LogP contribution in [0.5, 0.6) is 5.75 Å². The van der Waals surface area contributed by atoms with Gasteiger partial charge in [-0.2, -0.15) is 5.26 Å². The number of amides is 2. The molecule has 0 aliphatic carbocycles. The average Bonchev–Trinajstić information content (AvgIpc) is 2.93. The largest absolute Gasteiger partial charge is 0.497 e. The van der Waals surface area contributed by atoms with Gasteiger partial charge in [-0.05, 0) is 31.5 Å². The van der Waals surface area contributed by atoms with Gasteiger partial charge in [-0.1, -0.05) is 33.7 Å². The molecule has 4 heterocycles. The molecule has 0 N–H and O–H groups in total. The standard InChI is InChI=1S/C18H19N3O3S2/c1-16(10-19)9-18-15(23)20(3)17(2,25-26-18)14(22)21(18)13(16)11-5-7-12(24-4)8-6-11/h5-8,13H,9H2,1-4H3/t13-,16+,17?,18-/m0/s1. The predicted octanol–water partition coefficient (Wildman–Crippen LogP) is 2.78. The van der Waals surface area contributed by atoms with Crippen LogP contribution in [0.3, 0.4) is 0 Å². The zero-order chi connectivity index (χ0) is 18.9. The van der Waals surface area contributed by atoms with Crippen LogP contribution in [0.2, 0.25) is 0 Å². The molecule has 0 radical (unpaired) electrons. The van der Waals surface area contributed by atoms with Crippen molar-refractivity contribution in [1.82, 2.24) is 9.80 Å². The first-order valence-electron chi connectivity index (χ1n) is 8.27. The Morgan fingerprint density at radius 1 is 1.19 bits per heavy atom. The number of benzene rings is 1. The molecule has 4 aliphatic heterocycles. The lowest BCUT2D eigenvalue weighted by Gasteiger charge is -2.57. The molecule has 6 nitrogen and oxygen atoms in total. The van der Waals surface area contributed by atoms with Crippen molar-refractivity contribution >= 4 is 33.4 Å². The highest BCUT2D eigenvalue weighted by atomic mass is 33.1. The van der Waals surface area contributed by atoms with Crippen LogP contribution >= 0.6 is 21.6 Å². The van der Waals surface area contributed by atoms with Gasteiger partial charge < -0.3 is 14.5 Å². The summed E-state index contributed by atoms with van der Waals surface area (Å²) in [5.74, 6) is 0.503. The van der Waals surface area contributed by atoms with Crippen LogP contribution < -0.4 is 4.74 Å². The molecule has 1 aromatic rings. The van der Waals surface area contributed by atoms with E-state index in [2.05, 4.69) is 6.07 Å². The normalized spacial score (nSPS) is 38.3. The third-order valence-corrected chi connectivity index (χ3v) is 9.48. The lowest BCUT2D eigenvalue weighted by molar-refractivity contribution is -0.164. The van der Waals surface area contributed by atoms with Crippen molar-refractivity contribution < 1.29 is 14.3 Å². The molecule has 2 bridgehead atoms. The number of ether oxygens (including phenoxy) is 1. The van der Waals surface area contributed by atoms with Crippen LogP contribution in [0.4, 0.5) is 0 Å². The summed E-state index contributed by atoms with van der Waals surface area (Å²) in [6, 6.07) is 9.32. The first kappa shape index (κ1) is 17.6. The molecule has 0 aromatic heterocycles. The van der Waals surface area contributed by atoms with Gasteiger partial charge >= 0.3 is 0 Å². The van der Waals surface area contributed by atoms with Crippen LogP contribution in [0.1, 0.15) is 31.9 Å². The summed E-state index contributed by atoms with van der Waals surface area (Å²) in [6.45, 7) is 3.62. The van der Waals surface area contributed by atoms with Gasteiger partial charge in [0.1, 0.15) is 5.75 Å². The van der Waals surface area contributed by atoms with Crippen molar-refractivity contribution in [3.05, 3.63) is 29.8 Å². The molecule has 4 aliphatic rings. The van der Waals surface area contributed by atoms with Crippen molar-refractivity contribution in [3.63, 3.8) is 0 Å². The molecule has 2 amide bonds. The Morgan fingerprint density at radius 2 is 1.85 bits per heavy atom. The van der Waals surface area contributed by atoms with Crippen molar-refractivity contribution in [2.45, 2.75) is 36.1 Å². The Bertz CT molecular complexity index is 854. The number of carbonyl (C=O) groups is 2. The number of piperazine rings is 1. The smallest absolute Gasteiger partial charge is 0.261 e. The van der Waals surface area contributed by atoms with Gasteiger partial charge in [0.25, 0.3) is 11.8 Å². The SMILES string of the molecule is COc1ccc([C@@H]2N3C(=O)C4(C)SS[C@@]3(C[C@]2(C)C#N)C(=O)N4C)cc1. The van der Waals surface area contributed by atoms with Crippen LogP contribution in [-0.2, 0) is 9.59 Å². The molecule has 1 aromatic carbocycles. The molecule has 0 saturated carbocycles. The van der Waals surface area contributed by atoms with Gasteiger partial charge in [0, 0.05) is 13.5 Å². The number of nitrogens with zero attached hydrogens (tertiary/aromatic N) is 3. The summed E-state index contributed by atoms with van der Waals surface area (Å²) in [5.41, 5.74) is -0.0125. The third kappa shape index (κ3) is 1.90. The number of rotatable bonds is 2. The third-order valence-electron chi connectivity index (χ3n) is 5.78.